The summed E-state index contributed by atoms with van der Waals surface area (Å²) in [5, 5.41) is 0. The minimum absolute atomic E-state index is 0.714. The Balaban J connectivity index is 1.48. The van der Waals surface area contributed by atoms with Crippen LogP contribution >= 0.6 is 0 Å². The number of aromatic nitrogens is 2. The molecule has 1 saturated heterocycles. The van der Waals surface area contributed by atoms with E-state index in [1.54, 1.807) is 0 Å². The molecule has 2 heterocycles. The minimum atomic E-state index is 0.714. The van der Waals surface area contributed by atoms with Crippen LogP contribution in [0.5, 0.6) is 0 Å². The lowest BCUT2D eigenvalue weighted by Gasteiger charge is -2.21. The Bertz CT molecular complexity index is 590. The van der Waals surface area contributed by atoms with Gasteiger partial charge in [0.05, 0.1) is 11.0 Å². The lowest BCUT2D eigenvalue weighted by Crippen LogP contribution is -2.38. The number of rotatable bonds is 4. The van der Waals surface area contributed by atoms with Crippen LogP contribution in [0.4, 0.5) is 0 Å². The largest absolute Gasteiger partial charge is 0.370 e. The molecule has 3 rings (SSSR count). The first-order valence-electron chi connectivity index (χ1n) is 8.31. The number of hydrogen-bond donors (Lipinski definition) is 2. The molecule has 0 aliphatic carbocycles. The van der Waals surface area contributed by atoms with Gasteiger partial charge in [0, 0.05) is 26.1 Å². The number of H-pyrrole nitrogens is 1. The highest BCUT2D eigenvalue weighted by molar-refractivity contribution is 5.78. The first-order chi connectivity index (χ1) is 10.8. The van der Waals surface area contributed by atoms with Crippen molar-refractivity contribution in [2.75, 3.05) is 19.6 Å². The maximum atomic E-state index is 6.11. The second kappa shape index (κ2) is 7.29. The molecule has 3 N–H and O–H groups in total. The number of guanidine groups is 1. The zero-order valence-electron chi connectivity index (χ0n) is 13.1. The second-order valence-corrected chi connectivity index (χ2v) is 5.95. The topological polar surface area (TPSA) is 70.3 Å². The number of imidazole rings is 1. The number of likely N-dealkylation sites (tertiary alicyclic amines) is 1. The number of hydrogen-bond acceptors (Lipinski definition) is 2. The van der Waals surface area contributed by atoms with Crippen LogP contribution in [0.25, 0.3) is 11.0 Å². The van der Waals surface area contributed by atoms with Crippen molar-refractivity contribution in [2.45, 2.75) is 38.5 Å². The van der Waals surface area contributed by atoms with E-state index in [0.717, 1.165) is 49.3 Å². The molecule has 0 atom stereocenters. The van der Waals surface area contributed by atoms with E-state index in [9.17, 15) is 0 Å². The van der Waals surface area contributed by atoms with Gasteiger partial charge < -0.3 is 15.6 Å². The summed E-state index contributed by atoms with van der Waals surface area (Å²) in [4.78, 5) is 14.7. The van der Waals surface area contributed by atoms with Gasteiger partial charge in [-0.05, 0) is 31.4 Å². The third-order valence-corrected chi connectivity index (χ3v) is 4.21. The Morgan fingerprint density at radius 3 is 2.73 bits per heavy atom. The minimum Gasteiger partial charge on any atom is -0.370 e. The number of para-hydroxylation sites is 2. The summed E-state index contributed by atoms with van der Waals surface area (Å²) < 4.78 is 0. The van der Waals surface area contributed by atoms with Gasteiger partial charge in [-0.15, -0.1) is 0 Å². The van der Waals surface area contributed by atoms with Crippen LogP contribution in [0, 0.1) is 0 Å². The molecule has 2 aromatic rings. The highest BCUT2D eigenvalue weighted by Gasteiger charge is 2.10. The van der Waals surface area contributed by atoms with Gasteiger partial charge in [-0.25, -0.2) is 4.98 Å². The summed E-state index contributed by atoms with van der Waals surface area (Å²) >= 11 is 0. The number of nitrogens with one attached hydrogen (secondary N) is 1. The standard InChI is InChI=1S/C17H25N5/c18-17(22-12-5-1-2-6-13-22)19-11-7-10-16-20-14-8-3-4-9-15(14)21-16/h3-4,8-9H,1-2,5-7,10-13H2,(H2,18,19)(H,20,21). The third-order valence-electron chi connectivity index (χ3n) is 4.21. The summed E-state index contributed by atoms with van der Waals surface area (Å²) in [5.41, 5.74) is 8.25. The Morgan fingerprint density at radius 1 is 1.18 bits per heavy atom. The Morgan fingerprint density at radius 2 is 1.95 bits per heavy atom. The highest BCUT2D eigenvalue weighted by Crippen LogP contribution is 2.12. The number of fused-ring (bicyclic) bond motifs is 1. The molecule has 22 heavy (non-hydrogen) atoms. The molecule has 0 unspecified atom stereocenters. The Hall–Kier alpha value is -2.04. The van der Waals surface area contributed by atoms with Crippen molar-refractivity contribution in [3.8, 4) is 0 Å². The number of aromatic amines is 1. The van der Waals surface area contributed by atoms with Gasteiger partial charge in [-0.2, -0.15) is 0 Å². The van der Waals surface area contributed by atoms with Crippen LogP contribution in [0.15, 0.2) is 29.3 Å². The van der Waals surface area contributed by atoms with E-state index in [1.807, 2.05) is 18.2 Å². The molecule has 0 radical (unpaired) electrons. The molecule has 0 bridgehead atoms. The average molecular weight is 299 g/mol. The maximum absolute atomic E-state index is 6.11. The second-order valence-electron chi connectivity index (χ2n) is 5.95. The summed E-state index contributed by atoms with van der Waals surface area (Å²) in [6.45, 7) is 2.87. The van der Waals surface area contributed by atoms with Crippen molar-refractivity contribution in [3.63, 3.8) is 0 Å². The smallest absolute Gasteiger partial charge is 0.191 e. The number of nitrogens with zero attached hydrogens (tertiary/aromatic N) is 3. The predicted molar refractivity (Wildman–Crippen MR) is 90.9 cm³/mol. The zero-order chi connectivity index (χ0) is 15.2. The molecule has 1 aromatic heterocycles. The van der Waals surface area contributed by atoms with E-state index < -0.39 is 0 Å². The summed E-state index contributed by atoms with van der Waals surface area (Å²) in [7, 11) is 0. The number of nitrogens with two attached hydrogens (primary N) is 1. The molecule has 118 valence electrons. The van der Waals surface area contributed by atoms with Gasteiger partial charge in [0.15, 0.2) is 5.96 Å². The van der Waals surface area contributed by atoms with E-state index in [2.05, 4.69) is 25.9 Å². The van der Waals surface area contributed by atoms with Gasteiger partial charge in [-0.1, -0.05) is 25.0 Å². The van der Waals surface area contributed by atoms with Crippen molar-refractivity contribution in [1.82, 2.24) is 14.9 Å². The van der Waals surface area contributed by atoms with Crippen LogP contribution in [-0.4, -0.2) is 40.5 Å². The van der Waals surface area contributed by atoms with Gasteiger partial charge in [0.25, 0.3) is 0 Å². The van der Waals surface area contributed by atoms with Gasteiger partial charge in [0.1, 0.15) is 5.82 Å². The number of aryl methyl sites for hydroxylation is 1. The third kappa shape index (κ3) is 3.78. The monoisotopic (exact) mass is 299 g/mol. The molecule has 0 saturated carbocycles. The summed E-state index contributed by atoms with van der Waals surface area (Å²) in [6.07, 6.45) is 6.97. The van der Waals surface area contributed by atoms with Gasteiger partial charge in [0.2, 0.25) is 0 Å². The molecule has 0 spiro atoms. The van der Waals surface area contributed by atoms with Crippen molar-refractivity contribution < 1.29 is 0 Å². The van der Waals surface area contributed by atoms with Crippen LogP contribution in [-0.2, 0) is 6.42 Å². The fraction of sp³-hybridized carbons (Fsp3) is 0.529. The van der Waals surface area contributed by atoms with Crippen molar-refractivity contribution in [1.29, 1.82) is 0 Å². The first kappa shape index (κ1) is 14.9. The van der Waals surface area contributed by atoms with Crippen LogP contribution in [0.1, 0.15) is 37.9 Å². The summed E-state index contributed by atoms with van der Waals surface area (Å²) in [6, 6.07) is 8.13. The first-order valence-corrected chi connectivity index (χ1v) is 8.31. The molecule has 5 heteroatoms. The van der Waals surface area contributed by atoms with Crippen LogP contribution in [0.2, 0.25) is 0 Å². The lowest BCUT2D eigenvalue weighted by atomic mass is 10.2. The van der Waals surface area contributed by atoms with Crippen molar-refractivity contribution >= 4 is 17.0 Å². The van der Waals surface area contributed by atoms with E-state index in [0.29, 0.717) is 5.96 Å². The summed E-state index contributed by atoms with van der Waals surface area (Å²) in [5.74, 6) is 1.75. The van der Waals surface area contributed by atoms with E-state index in [4.69, 9.17) is 5.73 Å². The average Bonchev–Trinajstić information content (AvgIpc) is 2.75. The quantitative estimate of drug-likeness (QED) is 0.518. The van der Waals surface area contributed by atoms with E-state index >= 15 is 0 Å². The lowest BCUT2D eigenvalue weighted by molar-refractivity contribution is 0.428. The van der Waals surface area contributed by atoms with Crippen molar-refractivity contribution in [3.05, 3.63) is 30.1 Å². The highest BCUT2D eigenvalue weighted by atomic mass is 15.2. The van der Waals surface area contributed by atoms with Crippen molar-refractivity contribution in [2.24, 2.45) is 10.7 Å². The predicted octanol–water partition coefficient (Wildman–Crippen LogP) is 2.69. The Labute approximate surface area is 131 Å². The van der Waals surface area contributed by atoms with Crippen LogP contribution in [0.3, 0.4) is 0 Å². The maximum Gasteiger partial charge on any atom is 0.191 e. The molecule has 1 aliphatic rings. The molecule has 1 aromatic carbocycles. The zero-order valence-corrected chi connectivity index (χ0v) is 13.1. The molecule has 5 nitrogen and oxygen atoms in total. The molecule has 1 fully saturated rings. The molecule has 1 aliphatic heterocycles. The van der Waals surface area contributed by atoms with Gasteiger partial charge in [-0.3, -0.25) is 4.99 Å². The molecule has 0 amide bonds. The van der Waals surface area contributed by atoms with E-state index in [-0.39, 0.29) is 0 Å². The molecular formula is C17H25N5. The fourth-order valence-electron chi connectivity index (χ4n) is 2.96. The van der Waals surface area contributed by atoms with Gasteiger partial charge >= 0.3 is 0 Å². The fourth-order valence-corrected chi connectivity index (χ4v) is 2.96. The molecular weight excluding hydrogens is 274 g/mol. The normalized spacial score (nSPS) is 16.9. The van der Waals surface area contributed by atoms with Crippen LogP contribution < -0.4 is 5.73 Å². The SMILES string of the molecule is NC(=NCCCc1nc2ccccc2[nH]1)N1CCCCCC1. The van der Waals surface area contributed by atoms with E-state index in [1.165, 1.54) is 25.7 Å². The number of aliphatic imine (C=N–C) groups is 1. The Kier molecular flexibility index (Phi) is 4.93. The number of benzene rings is 1.